The van der Waals surface area contributed by atoms with Crippen LogP contribution in [0.2, 0.25) is 5.02 Å². The quantitative estimate of drug-likeness (QED) is 0.195. The number of nitrogens with one attached hydrogen (secondary N) is 2. The molecule has 188 valence electrons. The van der Waals surface area contributed by atoms with Crippen LogP contribution >= 0.6 is 11.6 Å². The van der Waals surface area contributed by atoms with Crippen molar-refractivity contribution in [3.05, 3.63) is 148 Å². The van der Waals surface area contributed by atoms with Gasteiger partial charge in [0.25, 0.3) is 11.8 Å². The Kier molecular flexibility index (Phi) is 8.65. The molecule has 0 saturated carbocycles. The van der Waals surface area contributed by atoms with Gasteiger partial charge in [0.05, 0.1) is 0 Å². The Morgan fingerprint density at radius 2 is 1.45 bits per heavy atom. The highest BCUT2D eigenvalue weighted by Crippen LogP contribution is 2.16. The molecule has 0 aliphatic heterocycles. The van der Waals surface area contributed by atoms with Crippen LogP contribution in [0.5, 0.6) is 0 Å². The summed E-state index contributed by atoms with van der Waals surface area (Å²) in [5.74, 6) is -1.09. The van der Waals surface area contributed by atoms with E-state index in [9.17, 15) is 14.4 Å². The van der Waals surface area contributed by atoms with Crippen LogP contribution < -0.4 is 10.6 Å². The zero-order chi connectivity index (χ0) is 26.9. The molecule has 2 N–H and O–H groups in total. The second-order valence-corrected chi connectivity index (χ2v) is 9.01. The number of benzene rings is 4. The van der Waals surface area contributed by atoms with Gasteiger partial charge in [-0.2, -0.15) is 0 Å². The number of rotatable bonds is 8. The summed E-state index contributed by atoms with van der Waals surface area (Å²) in [6.45, 7) is 1.99. The molecule has 0 spiro atoms. The monoisotopic (exact) mass is 520 g/mol. The summed E-state index contributed by atoms with van der Waals surface area (Å²) in [4.78, 5) is 38.5. The average Bonchev–Trinajstić information content (AvgIpc) is 2.92. The Balaban J connectivity index is 1.49. The second-order valence-electron chi connectivity index (χ2n) is 8.58. The van der Waals surface area contributed by atoms with Crippen LogP contribution in [0.1, 0.15) is 37.4 Å². The standard InChI is InChI=1S/C32H25ClN2O3/c1-22-7-5-8-23(19-22)13-18-30(36)25-14-16-28(17-15-25)34-32(38)29(21-24-9-6-12-27(33)20-24)35-31(37)26-10-3-2-4-11-26/h2-21H,1H3,(H,34,38)(H,35,37)/b18-13+,29-21-. The molecule has 0 aliphatic carbocycles. The van der Waals surface area contributed by atoms with E-state index in [1.54, 1.807) is 91.0 Å². The predicted octanol–water partition coefficient (Wildman–Crippen LogP) is 6.95. The normalized spacial score (nSPS) is 11.3. The minimum Gasteiger partial charge on any atom is -0.321 e. The molecule has 5 nitrogen and oxygen atoms in total. The van der Waals surface area contributed by atoms with Crippen molar-refractivity contribution in [2.75, 3.05) is 5.32 Å². The molecule has 0 saturated heterocycles. The Morgan fingerprint density at radius 1 is 0.737 bits per heavy atom. The van der Waals surface area contributed by atoms with Gasteiger partial charge < -0.3 is 10.6 Å². The van der Waals surface area contributed by atoms with E-state index >= 15 is 0 Å². The molecule has 0 atom stereocenters. The minimum absolute atomic E-state index is 0.0439. The molecule has 38 heavy (non-hydrogen) atoms. The van der Waals surface area contributed by atoms with Crippen LogP contribution in [-0.2, 0) is 4.79 Å². The van der Waals surface area contributed by atoms with Crippen molar-refractivity contribution in [3.63, 3.8) is 0 Å². The van der Waals surface area contributed by atoms with E-state index in [4.69, 9.17) is 11.6 Å². The highest BCUT2D eigenvalue weighted by molar-refractivity contribution is 6.30. The van der Waals surface area contributed by atoms with Crippen LogP contribution in [0.15, 0.2) is 115 Å². The van der Waals surface area contributed by atoms with Gasteiger partial charge >= 0.3 is 0 Å². The molecule has 0 heterocycles. The lowest BCUT2D eigenvalue weighted by atomic mass is 10.1. The molecule has 0 unspecified atom stereocenters. The number of ketones is 1. The molecule has 4 aromatic carbocycles. The fourth-order valence-corrected chi connectivity index (χ4v) is 3.86. The summed E-state index contributed by atoms with van der Waals surface area (Å²) < 4.78 is 0. The average molecular weight is 521 g/mol. The van der Waals surface area contributed by atoms with Crippen molar-refractivity contribution in [3.8, 4) is 0 Å². The first-order chi connectivity index (χ1) is 18.4. The topological polar surface area (TPSA) is 75.3 Å². The third-order valence-corrected chi connectivity index (χ3v) is 5.82. The van der Waals surface area contributed by atoms with Gasteiger partial charge in [0.2, 0.25) is 0 Å². The van der Waals surface area contributed by atoms with Crippen LogP contribution in [0.3, 0.4) is 0 Å². The number of amides is 2. The number of hydrogen-bond acceptors (Lipinski definition) is 3. The Morgan fingerprint density at radius 3 is 2.16 bits per heavy atom. The van der Waals surface area contributed by atoms with E-state index < -0.39 is 11.8 Å². The van der Waals surface area contributed by atoms with Crippen molar-refractivity contribution >= 4 is 47.0 Å². The van der Waals surface area contributed by atoms with Gasteiger partial charge in [-0.15, -0.1) is 0 Å². The van der Waals surface area contributed by atoms with Gasteiger partial charge in [-0.1, -0.05) is 77.8 Å². The van der Waals surface area contributed by atoms with Crippen molar-refractivity contribution in [2.45, 2.75) is 6.92 Å². The van der Waals surface area contributed by atoms with Crippen molar-refractivity contribution in [1.29, 1.82) is 0 Å². The van der Waals surface area contributed by atoms with E-state index in [0.717, 1.165) is 11.1 Å². The molecular formula is C32H25ClN2O3. The Hall–Kier alpha value is -4.74. The highest BCUT2D eigenvalue weighted by atomic mass is 35.5. The fraction of sp³-hybridized carbons (Fsp3) is 0.0312. The number of anilines is 1. The summed E-state index contributed by atoms with van der Waals surface area (Å²) in [6.07, 6.45) is 4.84. The largest absolute Gasteiger partial charge is 0.321 e. The SMILES string of the molecule is Cc1cccc(/C=C/C(=O)c2ccc(NC(=O)/C(=C/c3cccc(Cl)c3)NC(=O)c3ccccc3)cc2)c1. The van der Waals surface area contributed by atoms with Crippen LogP contribution in [-0.4, -0.2) is 17.6 Å². The van der Waals surface area contributed by atoms with E-state index in [1.165, 1.54) is 6.08 Å². The summed E-state index contributed by atoms with van der Waals surface area (Å²) in [7, 11) is 0. The third-order valence-electron chi connectivity index (χ3n) is 5.59. The number of carbonyl (C=O) groups is 3. The van der Waals surface area contributed by atoms with Crippen molar-refractivity contribution in [2.24, 2.45) is 0 Å². The second kappa shape index (κ2) is 12.5. The smallest absolute Gasteiger partial charge is 0.272 e. The maximum atomic E-state index is 13.2. The summed E-state index contributed by atoms with van der Waals surface area (Å²) in [6, 6.07) is 30.0. The van der Waals surface area contributed by atoms with Crippen LogP contribution in [0.25, 0.3) is 12.2 Å². The molecule has 0 bridgehead atoms. The molecule has 6 heteroatoms. The maximum absolute atomic E-state index is 13.2. The Labute approximate surface area is 226 Å². The Bertz CT molecular complexity index is 1520. The molecule has 0 aromatic heterocycles. The van der Waals surface area contributed by atoms with Gasteiger partial charge in [0.15, 0.2) is 5.78 Å². The fourth-order valence-electron chi connectivity index (χ4n) is 3.66. The highest BCUT2D eigenvalue weighted by Gasteiger charge is 2.15. The predicted molar refractivity (Wildman–Crippen MR) is 153 cm³/mol. The van der Waals surface area contributed by atoms with Gasteiger partial charge in [-0.3, -0.25) is 14.4 Å². The van der Waals surface area contributed by atoms with Crippen LogP contribution in [0, 0.1) is 6.92 Å². The first-order valence-electron chi connectivity index (χ1n) is 11.9. The number of halogens is 1. The zero-order valence-electron chi connectivity index (χ0n) is 20.6. The minimum atomic E-state index is -0.521. The summed E-state index contributed by atoms with van der Waals surface area (Å²) >= 11 is 6.09. The lowest BCUT2D eigenvalue weighted by Gasteiger charge is -2.12. The van der Waals surface area contributed by atoms with Gasteiger partial charge in [0, 0.05) is 21.8 Å². The van der Waals surface area contributed by atoms with Crippen LogP contribution in [0.4, 0.5) is 5.69 Å². The molecule has 4 rings (SSSR count). The van der Waals surface area contributed by atoms with E-state index in [2.05, 4.69) is 10.6 Å². The maximum Gasteiger partial charge on any atom is 0.272 e. The zero-order valence-corrected chi connectivity index (χ0v) is 21.4. The summed E-state index contributed by atoms with van der Waals surface area (Å²) in [5.41, 5.74) is 4.12. The molecule has 0 radical (unpaired) electrons. The number of aryl methyl sites for hydroxylation is 1. The van der Waals surface area contributed by atoms with Gasteiger partial charge in [-0.25, -0.2) is 0 Å². The number of allylic oxidation sites excluding steroid dienone is 1. The number of hydrogen-bond donors (Lipinski definition) is 2. The van der Waals surface area contributed by atoms with Gasteiger partial charge in [0.1, 0.15) is 5.70 Å². The molecule has 4 aromatic rings. The number of carbonyl (C=O) groups excluding carboxylic acids is 3. The first kappa shape index (κ1) is 26.3. The van der Waals surface area contributed by atoms with Crippen molar-refractivity contribution in [1.82, 2.24) is 5.32 Å². The van der Waals surface area contributed by atoms with E-state index in [0.29, 0.717) is 27.4 Å². The lowest BCUT2D eigenvalue weighted by Crippen LogP contribution is -2.30. The van der Waals surface area contributed by atoms with Gasteiger partial charge in [-0.05, 0) is 78.7 Å². The van der Waals surface area contributed by atoms with Crippen molar-refractivity contribution < 1.29 is 14.4 Å². The lowest BCUT2D eigenvalue weighted by molar-refractivity contribution is -0.113. The molecular weight excluding hydrogens is 496 g/mol. The summed E-state index contributed by atoms with van der Waals surface area (Å²) in [5, 5.41) is 5.97. The van der Waals surface area contributed by atoms with E-state index in [-0.39, 0.29) is 11.5 Å². The molecule has 0 fully saturated rings. The third kappa shape index (κ3) is 7.38. The first-order valence-corrected chi connectivity index (χ1v) is 12.3. The molecule has 2 amide bonds. The molecule has 0 aliphatic rings. The van der Waals surface area contributed by atoms with E-state index in [1.807, 2.05) is 31.2 Å².